The molecule has 1 amide bonds. The molecule has 0 spiro atoms. The summed E-state index contributed by atoms with van der Waals surface area (Å²) in [5, 5.41) is 9.23. The minimum atomic E-state index is -0.906. The monoisotopic (exact) mass is 301 g/mol. The number of carbonyl (C=O) groups excluding carboxylic acids is 1. The third kappa shape index (κ3) is 2.95. The summed E-state index contributed by atoms with van der Waals surface area (Å²) >= 11 is 0. The molecule has 2 heterocycles. The zero-order chi connectivity index (χ0) is 15.5. The number of carboxylic acids is 1. The highest BCUT2D eigenvalue weighted by atomic mass is 16.4. The van der Waals surface area contributed by atoms with Crippen LogP contribution in [0.5, 0.6) is 0 Å². The number of nitrogens with one attached hydrogen (secondary N) is 1. The van der Waals surface area contributed by atoms with Gasteiger partial charge in [-0.3, -0.25) is 4.79 Å². The zero-order valence-corrected chi connectivity index (χ0v) is 12.3. The average Bonchev–Trinajstić information content (AvgIpc) is 2.95. The number of aryl methyl sites for hydroxylation is 1. The fourth-order valence-corrected chi connectivity index (χ4v) is 2.98. The fourth-order valence-electron chi connectivity index (χ4n) is 2.98. The van der Waals surface area contributed by atoms with Crippen molar-refractivity contribution >= 4 is 22.9 Å². The number of carboxylic acid groups (broad SMARTS) is 1. The van der Waals surface area contributed by atoms with E-state index in [1.165, 1.54) is 4.90 Å². The van der Waals surface area contributed by atoms with Crippen LogP contribution in [0.15, 0.2) is 24.3 Å². The van der Waals surface area contributed by atoms with Gasteiger partial charge in [0.15, 0.2) is 0 Å². The molecule has 1 fully saturated rings. The Morgan fingerprint density at radius 2 is 2.14 bits per heavy atom. The molecule has 1 aliphatic heterocycles. The summed E-state index contributed by atoms with van der Waals surface area (Å²) in [6.45, 7) is 0.538. The molecule has 0 aliphatic carbocycles. The van der Waals surface area contributed by atoms with E-state index in [0.717, 1.165) is 29.7 Å². The summed E-state index contributed by atoms with van der Waals surface area (Å²) in [6.07, 6.45) is 3.07. The Morgan fingerprint density at radius 3 is 2.91 bits per heavy atom. The van der Waals surface area contributed by atoms with Gasteiger partial charge in [-0.15, -0.1) is 0 Å². The number of para-hydroxylation sites is 2. The number of aromatic amines is 1. The molecular weight excluding hydrogens is 282 g/mol. The van der Waals surface area contributed by atoms with E-state index >= 15 is 0 Å². The van der Waals surface area contributed by atoms with Crippen molar-refractivity contribution in [3.63, 3.8) is 0 Å². The number of likely N-dealkylation sites (tertiary alicyclic amines) is 1. The highest BCUT2D eigenvalue weighted by molar-refractivity contribution is 5.84. The number of hydrogen-bond donors (Lipinski definition) is 2. The molecule has 0 bridgehead atoms. The summed E-state index contributed by atoms with van der Waals surface area (Å²) < 4.78 is 0. The molecule has 6 heteroatoms. The Hall–Kier alpha value is -2.37. The van der Waals surface area contributed by atoms with Gasteiger partial charge < -0.3 is 15.0 Å². The van der Waals surface area contributed by atoms with Crippen LogP contribution in [-0.4, -0.2) is 44.4 Å². The number of aliphatic carboxylic acids is 1. The van der Waals surface area contributed by atoms with Crippen LogP contribution >= 0.6 is 0 Å². The first-order valence-electron chi connectivity index (χ1n) is 7.61. The van der Waals surface area contributed by atoms with Gasteiger partial charge in [-0.05, 0) is 31.4 Å². The summed E-state index contributed by atoms with van der Waals surface area (Å²) in [5.74, 6) is -0.247. The van der Waals surface area contributed by atoms with Crippen LogP contribution < -0.4 is 0 Å². The van der Waals surface area contributed by atoms with Crippen molar-refractivity contribution in [3.8, 4) is 0 Å². The second-order valence-electron chi connectivity index (χ2n) is 5.64. The summed E-state index contributed by atoms with van der Waals surface area (Å²) in [4.78, 5) is 32.7. The molecule has 6 nitrogen and oxygen atoms in total. The topological polar surface area (TPSA) is 86.3 Å². The predicted molar refractivity (Wildman–Crippen MR) is 81.4 cm³/mol. The molecule has 1 aromatic carbocycles. The summed E-state index contributed by atoms with van der Waals surface area (Å²) in [7, 11) is 0. The molecule has 116 valence electrons. The maximum absolute atomic E-state index is 12.3. The number of nitrogens with zero attached hydrogens (tertiary/aromatic N) is 2. The van der Waals surface area contributed by atoms with Gasteiger partial charge in [0.1, 0.15) is 11.9 Å². The van der Waals surface area contributed by atoms with Gasteiger partial charge in [0.2, 0.25) is 5.91 Å². The largest absolute Gasteiger partial charge is 0.480 e. The number of imidazole rings is 1. The van der Waals surface area contributed by atoms with Crippen LogP contribution in [0.1, 0.15) is 31.5 Å². The molecule has 0 radical (unpaired) electrons. The van der Waals surface area contributed by atoms with Crippen molar-refractivity contribution in [3.05, 3.63) is 30.1 Å². The van der Waals surface area contributed by atoms with E-state index in [2.05, 4.69) is 9.97 Å². The van der Waals surface area contributed by atoms with Gasteiger partial charge in [-0.1, -0.05) is 12.1 Å². The minimum absolute atomic E-state index is 0.104. The second kappa shape index (κ2) is 6.17. The van der Waals surface area contributed by atoms with Crippen molar-refractivity contribution in [1.29, 1.82) is 0 Å². The number of aromatic nitrogens is 2. The van der Waals surface area contributed by atoms with Crippen LogP contribution in [0.3, 0.4) is 0 Å². The molecule has 0 saturated carbocycles. The Bertz CT molecular complexity index is 662. The lowest BCUT2D eigenvalue weighted by Crippen LogP contribution is -2.48. The minimum Gasteiger partial charge on any atom is -0.480 e. The first-order valence-corrected chi connectivity index (χ1v) is 7.61. The van der Waals surface area contributed by atoms with Crippen molar-refractivity contribution < 1.29 is 14.7 Å². The van der Waals surface area contributed by atoms with Crippen LogP contribution in [-0.2, 0) is 16.0 Å². The highest BCUT2D eigenvalue weighted by Gasteiger charge is 2.31. The quantitative estimate of drug-likeness (QED) is 0.904. The van der Waals surface area contributed by atoms with Crippen molar-refractivity contribution in [2.24, 2.45) is 0 Å². The third-order valence-electron chi connectivity index (χ3n) is 4.12. The molecule has 22 heavy (non-hydrogen) atoms. The number of benzene rings is 1. The number of fused-ring (bicyclic) bond motifs is 1. The Morgan fingerprint density at radius 1 is 1.32 bits per heavy atom. The van der Waals surface area contributed by atoms with Crippen LogP contribution in [0, 0.1) is 0 Å². The molecule has 3 rings (SSSR count). The van der Waals surface area contributed by atoms with E-state index in [0.29, 0.717) is 19.4 Å². The standard InChI is InChI=1S/C16H19N3O3/c20-15(19-10-4-3-7-13(19)16(21)22)9-8-14-17-11-5-1-2-6-12(11)18-14/h1-2,5-6,13H,3-4,7-10H2,(H,17,18)(H,21,22). The predicted octanol–water partition coefficient (Wildman–Crippen LogP) is 1.96. The van der Waals surface area contributed by atoms with Crippen molar-refractivity contribution in [1.82, 2.24) is 14.9 Å². The molecule has 1 atom stereocenters. The normalized spacial score (nSPS) is 18.5. The van der Waals surface area contributed by atoms with E-state index < -0.39 is 12.0 Å². The number of carbonyl (C=O) groups is 2. The van der Waals surface area contributed by atoms with Crippen molar-refractivity contribution in [2.45, 2.75) is 38.1 Å². The van der Waals surface area contributed by atoms with Gasteiger partial charge in [0.25, 0.3) is 0 Å². The Labute approximate surface area is 128 Å². The number of hydrogen-bond acceptors (Lipinski definition) is 3. The summed E-state index contributed by atoms with van der Waals surface area (Å²) in [6, 6.07) is 7.04. The molecule has 2 N–H and O–H groups in total. The van der Waals surface area contributed by atoms with Gasteiger partial charge in [-0.2, -0.15) is 0 Å². The lowest BCUT2D eigenvalue weighted by molar-refractivity contribution is -0.152. The lowest BCUT2D eigenvalue weighted by atomic mass is 10.0. The molecule has 1 aromatic heterocycles. The molecule has 2 aromatic rings. The van der Waals surface area contributed by atoms with Crippen LogP contribution in [0.25, 0.3) is 11.0 Å². The zero-order valence-electron chi connectivity index (χ0n) is 12.3. The average molecular weight is 301 g/mol. The number of H-pyrrole nitrogens is 1. The molecular formula is C16H19N3O3. The summed E-state index contributed by atoms with van der Waals surface area (Å²) in [5.41, 5.74) is 1.83. The number of piperidine rings is 1. The second-order valence-corrected chi connectivity index (χ2v) is 5.64. The fraction of sp³-hybridized carbons (Fsp3) is 0.438. The maximum atomic E-state index is 12.3. The molecule has 1 saturated heterocycles. The lowest BCUT2D eigenvalue weighted by Gasteiger charge is -2.33. The number of rotatable bonds is 4. The first kappa shape index (κ1) is 14.6. The van der Waals surface area contributed by atoms with Gasteiger partial charge in [-0.25, -0.2) is 9.78 Å². The van der Waals surface area contributed by atoms with Gasteiger partial charge in [0.05, 0.1) is 11.0 Å². The number of amides is 1. The van der Waals surface area contributed by atoms with E-state index in [1.54, 1.807) is 0 Å². The highest BCUT2D eigenvalue weighted by Crippen LogP contribution is 2.19. The van der Waals surface area contributed by atoms with E-state index in [-0.39, 0.29) is 12.3 Å². The smallest absolute Gasteiger partial charge is 0.326 e. The van der Waals surface area contributed by atoms with E-state index in [4.69, 9.17) is 0 Å². The van der Waals surface area contributed by atoms with Crippen LogP contribution in [0.4, 0.5) is 0 Å². The third-order valence-corrected chi connectivity index (χ3v) is 4.12. The van der Waals surface area contributed by atoms with Gasteiger partial charge >= 0.3 is 5.97 Å². The Kier molecular flexibility index (Phi) is 4.09. The molecule has 1 aliphatic rings. The maximum Gasteiger partial charge on any atom is 0.326 e. The van der Waals surface area contributed by atoms with Crippen LogP contribution in [0.2, 0.25) is 0 Å². The molecule has 1 unspecified atom stereocenters. The van der Waals surface area contributed by atoms with E-state index in [1.807, 2.05) is 24.3 Å². The SMILES string of the molecule is O=C(O)C1CCCCN1C(=O)CCc1nc2ccccc2[nH]1. The van der Waals surface area contributed by atoms with E-state index in [9.17, 15) is 14.7 Å². The van der Waals surface area contributed by atoms with Gasteiger partial charge in [0, 0.05) is 19.4 Å². The Balaban J connectivity index is 1.64. The van der Waals surface area contributed by atoms with Crippen molar-refractivity contribution in [2.75, 3.05) is 6.54 Å². The first-order chi connectivity index (χ1) is 10.6.